The smallest absolute Gasteiger partial charge is 0.242 e. The van der Waals surface area contributed by atoms with Crippen LogP contribution in [0.15, 0.2) is 35.7 Å². The van der Waals surface area contributed by atoms with Crippen molar-refractivity contribution >= 4 is 23.2 Å². The highest BCUT2D eigenvalue weighted by Crippen LogP contribution is 2.34. The van der Waals surface area contributed by atoms with Gasteiger partial charge in [0.05, 0.1) is 12.6 Å². The second kappa shape index (κ2) is 10.5. The SMILES string of the molecule is COCCCN(CC(=O)N1CCc2sccc2C1COc1ccccc1F)C(C)=O. The Balaban J connectivity index is 1.73. The largest absolute Gasteiger partial charge is 0.488 e. The second-order valence-electron chi connectivity index (χ2n) is 7.18. The minimum atomic E-state index is -0.433. The molecule has 8 heteroatoms. The number of fused-ring (bicyclic) bond motifs is 1. The quantitative estimate of drug-likeness (QED) is 0.569. The Labute approximate surface area is 180 Å². The third-order valence-corrected chi connectivity index (χ3v) is 6.19. The van der Waals surface area contributed by atoms with E-state index in [1.807, 2.05) is 11.4 Å². The van der Waals surface area contributed by atoms with Crippen LogP contribution in [-0.4, -0.2) is 61.6 Å². The first kappa shape index (κ1) is 22.2. The van der Waals surface area contributed by atoms with E-state index < -0.39 is 5.82 Å². The second-order valence-corrected chi connectivity index (χ2v) is 8.18. The number of hydrogen-bond acceptors (Lipinski definition) is 5. The van der Waals surface area contributed by atoms with Crippen molar-refractivity contribution in [1.82, 2.24) is 9.80 Å². The van der Waals surface area contributed by atoms with Crippen LogP contribution in [0.1, 0.15) is 29.8 Å². The number of amides is 2. The van der Waals surface area contributed by atoms with E-state index in [9.17, 15) is 14.0 Å². The first-order valence-corrected chi connectivity index (χ1v) is 10.9. The molecule has 1 atom stereocenters. The molecule has 30 heavy (non-hydrogen) atoms. The number of carbonyl (C=O) groups excluding carboxylic acids is 2. The van der Waals surface area contributed by atoms with Gasteiger partial charge in [-0.15, -0.1) is 11.3 Å². The van der Waals surface area contributed by atoms with E-state index in [4.69, 9.17) is 9.47 Å². The minimum Gasteiger partial charge on any atom is -0.488 e. The van der Waals surface area contributed by atoms with Crippen molar-refractivity contribution in [3.63, 3.8) is 0 Å². The van der Waals surface area contributed by atoms with Gasteiger partial charge in [0.15, 0.2) is 11.6 Å². The molecule has 0 saturated carbocycles. The van der Waals surface area contributed by atoms with E-state index in [2.05, 4.69) is 0 Å². The van der Waals surface area contributed by atoms with Gasteiger partial charge in [-0.1, -0.05) is 12.1 Å². The third-order valence-electron chi connectivity index (χ3n) is 5.20. The van der Waals surface area contributed by atoms with Crippen LogP contribution in [0.3, 0.4) is 0 Å². The number of halogens is 1. The van der Waals surface area contributed by atoms with E-state index >= 15 is 0 Å². The number of methoxy groups -OCH3 is 1. The summed E-state index contributed by atoms with van der Waals surface area (Å²) in [5.41, 5.74) is 1.03. The maximum absolute atomic E-state index is 14.0. The molecule has 0 bridgehead atoms. The van der Waals surface area contributed by atoms with Gasteiger partial charge in [-0.3, -0.25) is 9.59 Å². The zero-order valence-corrected chi connectivity index (χ0v) is 18.1. The van der Waals surface area contributed by atoms with Crippen LogP contribution in [0.4, 0.5) is 4.39 Å². The average Bonchev–Trinajstić information content (AvgIpc) is 3.21. The molecule has 6 nitrogen and oxygen atoms in total. The highest BCUT2D eigenvalue weighted by atomic mass is 32.1. The topological polar surface area (TPSA) is 59.1 Å². The van der Waals surface area contributed by atoms with E-state index in [0.29, 0.717) is 26.1 Å². The summed E-state index contributed by atoms with van der Waals surface area (Å²) >= 11 is 1.65. The van der Waals surface area contributed by atoms with Crippen LogP contribution in [0.5, 0.6) is 5.75 Å². The van der Waals surface area contributed by atoms with Crippen molar-refractivity contribution < 1.29 is 23.5 Å². The van der Waals surface area contributed by atoms with Crippen LogP contribution in [0.2, 0.25) is 0 Å². The molecule has 0 aliphatic carbocycles. The van der Waals surface area contributed by atoms with Gasteiger partial charge in [0.25, 0.3) is 0 Å². The molecule has 2 aromatic rings. The zero-order chi connectivity index (χ0) is 21.5. The summed E-state index contributed by atoms with van der Waals surface area (Å²) in [4.78, 5) is 29.6. The normalized spacial score (nSPS) is 15.6. The van der Waals surface area contributed by atoms with Crippen molar-refractivity contribution in [3.05, 3.63) is 52.0 Å². The van der Waals surface area contributed by atoms with E-state index in [0.717, 1.165) is 12.0 Å². The standard InChI is InChI=1S/C22H27FN2O4S/c1-16(26)24(10-5-12-28-2)14-22(27)25-11-8-21-17(9-13-30-21)19(25)15-29-20-7-4-3-6-18(20)23/h3-4,6-7,9,13,19H,5,8,10-12,14-15H2,1-2H3. The van der Waals surface area contributed by atoms with Crippen molar-refractivity contribution in [1.29, 1.82) is 0 Å². The molecule has 1 aliphatic rings. The molecule has 162 valence electrons. The molecule has 1 aromatic heterocycles. The Hall–Kier alpha value is -2.45. The Morgan fingerprint density at radius 2 is 2.10 bits per heavy atom. The lowest BCUT2D eigenvalue weighted by atomic mass is 10.0. The van der Waals surface area contributed by atoms with Gasteiger partial charge >= 0.3 is 0 Å². The number of para-hydroxylation sites is 1. The number of ether oxygens (including phenoxy) is 2. The van der Waals surface area contributed by atoms with Gasteiger partial charge in [0, 0.05) is 38.6 Å². The lowest BCUT2D eigenvalue weighted by Crippen LogP contribution is -2.47. The zero-order valence-electron chi connectivity index (χ0n) is 17.3. The Bertz CT molecular complexity index is 872. The molecular weight excluding hydrogens is 407 g/mol. The molecule has 3 rings (SSSR count). The van der Waals surface area contributed by atoms with E-state index in [1.54, 1.807) is 46.4 Å². The number of carbonyl (C=O) groups is 2. The number of thiophene rings is 1. The van der Waals surface area contributed by atoms with Gasteiger partial charge in [0.1, 0.15) is 6.61 Å². The average molecular weight is 435 g/mol. The summed E-state index contributed by atoms with van der Waals surface area (Å²) < 4.78 is 24.8. The molecule has 0 radical (unpaired) electrons. The third kappa shape index (κ3) is 5.37. The molecule has 0 fully saturated rings. The lowest BCUT2D eigenvalue weighted by Gasteiger charge is -2.37. The fourth-order valence-corrected chi connectivity index (χ4v) is 4.54. The molecular formula is C22H27FN2O4S. The molecule has 2 heterocycles. The fraction of sp³-hybridized carbons (Fsp3) is 0.455. The predicted octanol–water partition coefficient (Wildman–Crippen LogP) is 3.28. The van der Waals surface area contributed by atoms with Crippen LogP contribution < -0.4 is 4.74 Å². The van der Waals surface area contributed by atoms with Crippen molar-refractivity contribution in [3.8, 4) is 5.75 Å². The number of nitrogens with zero attached hydrogens (tertiary/aromatic N) is 2. The van der Waals surface area contributed by atoms with Crippen molar-refractivity contribution in [2.45, 2.75) is 25.8 Å². The highest BCUT2D eigenvalue weighted by molar-refractivity contribution is 7.10. The first-order chi connectivity index (χ1) is 14.5. The summed E-state index contributed by atoms with van der Waals surface area (Å²) in [5.74, 6) is -0.553. The summed E-state index contributed by atoms with van der Waals surface area (Å²) in [6.45, 7) is 3.16. The van der Waals surface area contributed by atoms with E-state index in [1.165, 1.54) is 17.9 Å². The maximum atomic E-state index is 14.0. The van der Waals surface area contributed by atoms with Crippen LogP contribution in [0.25, 0.3) is 0 Å². The Kier molecular flexibility index (Phi) is 7.81. The molecule has 0 N–H and O–H groups in total. The lowest BCUT2D eigenvalue weighted by molar-refractivity contribution is -0.142. The molecule has 1 aromatic carbocycles. The Morgan fingerprint density at radius 1 is 1.30 bits per heavy atom. The van der Waals surface area contributed by atoms with Gasteiger partial charge in [-0.05, 0) is 42.0 Å². The molecule has 0 saturated heterocycles. The maximum Gasteiger partial charge on any atom is 0.242 e. The summed E-state index contributed by atoms with van der Waals surface area (Å²) in [5, 5.41) is 2.00. The van der Waals surface area contributed by atoms with E-state index in [-0.39, 0.29) is 36.8 Å². The predicted molar refractivity (Wildman–Crippen MR) is 113 cm³/mol. The Morgan fingerprint density at radius 3 is 2.83 bits per heavy atom. The number of benzene rings is 1. The highest BCUT2D eigenvalue weighted by Gasteiger charge is 2.33. The molecule has 1 aliphatic heterocycles. The molecule has 2 amide bonds. The van der Waals surface area contributed by atoms with Crippen LogP contribution in [-0.2, 0) is 20.7 Å². The fourth-order valence-electron chi connectivity index (χ4n) is 3.61. The van der Waals surface area contributed by atoms with Gasteiger partial charge in [-0.2, -0.15) is 0 Å². The number of hydrogen-bond donors (Lipinski definition) is 0. The van der Waals surface area contributed by atoms with Gasteiger partial charge in [0.2, 0.25) is 11.8 Å². The monoisotopic (exact) mass is 434 g/mol. The van der Waals surface area contributed by atoms with Gasteiger partial charge < -0.3 is 19.3 Å². The first-order valence-electron chi connectivity index (χ1n) is 9.98. The molecule has 0 spiro atoms. The van der Waals surface area contributed by atoms with Crippen molar-refractivity contribution in [2.24, 2.45) is 0 Å². The van der Waals surface area contributed by atoms with Gasteiger partial charge in [-0.25, -0.2) is 4.39 Å². The summed E-state index contributed by atoms with van der Waals surface area (Å²) in [7, 11) is 1.61. The van der Waals surface area contributed by atoms with Crippen molar-refractivity contribution in [2.75, 3.05) is 40.0 Å². The summed E-state index contributed by atoms with van der Waals surface area (Å²) in [6.07, 6.45) is 1.43. The van der Waals surface area contributed by atoms with Crippen LogP contribution >= 0.6 is 11.3 Å². The summed E-state index contributed by atoms with van der Waals surface area (Å²) in [6, 6.07) is 7.92. The number of rotatable bonds is 9. The molecule has 1 unspecified atom stereocenters. The van der Waals surface area contributed by atoms with Crippen LogP contribution in [0, 0.1) is 5.82 Å². The minimum absolute atomic E-state index is 0.00865.